The number of H-pyrrole nitrogens is 1. The molecule has 0 atom stereocenters. The van der Waals surface area contributed by atoms with Crippen LogP contribution in [0, 0.1) is 12.3 Å². The van der Waals surface area contributed by atoms with Crippen molar-refractivity contribution in [3.8, 4) is 0 Å². The van der Waals surface area contributed by atoms with Crippen molar-refractivity contribution >= 4 is 17.0 Å². The smallest absolute Gasteiger partial charge is 0.303 e. The van der Waals surface area contributed by atoms with Gasteiger partial charge in [-0.1, -0.05) is 25.0 Å². The van der Waals surface area contributed by atoms with Crippen LogP contribution in [0.2, 0.25) is 0 Å². The van der Waals surface area contributed by atoms with Crippen LogP contribution in [0.1, 0.15) is 43.5 Å². The Morgan fingerprint density at radius 3 is 2.80 bits per heavy atom. The molecule has 1 aromatic heterocycles. The molecule has 1 aliphatic carbocycles. The molecule has 1 heterocycles. The molecule has 0 bridgehead atoms. The summed E-state index contributed by atoms with van der Waals surface area (Å²) in [5.74, 6) is 0.233. The summed E-state index contributed by atoms with van der Waals surface area (Å²) in [4.78, 5) is 19.2. The number of imidazole rings is 1. The number of nitrogens with one attached hydrogen (secondary N) is 1. The number of rotatable bonds is 4. The maximum atomic E-state index is 11.1. The Labute approximate surface area is 118 Å². The third-order valence-electron chi connectivity index (χ3n) is 4.50. The summed E-state index contributed by atoms with van der Waals surface area (Å²) in [6.45, 7) is 2.05. The lowest BCUT2D eigenvalue weighted by atomic mass is 9.79. The van der Waals surface area contributed by atoms with Crippen molar-refractivity contribution in [1.82, 2.24) is 9.97 Å². The van der Waals surface area contributed by atoms with E-state index >= 15 is 0 Å². The predicted octanol–water partition coefficient (Wildman–Crippen LogP) is 3.45. The number of carbonyl (C=O) groups is 1. The third kappa shape index (κ3) is 2.42. The van der Waals surface area contributed by atoms with E-state index < -0.39 is 5.97 Å². The van der Waals surface area contributed by atoms with Crippen LogP contribution in [-0.2, 0) is 11.2 Å². The first kappa shape index (κ1) is 13.2. The fraction of sp³-hybridized carbons (Fsp3) is 0.500. The minimum atomic E-state index is -0.695. The number of aromatic amines is 1. The molecule has 0 spiro atoms. The number of hydrogen-bond acceptors (Lipinski definition) is 2. The van der Waals surface area contributed by atoms with Gasteiger partial charge in [0.1, 0.15) is 5.82 Å². The van der Waals surface area contributed by atoms with Gasteiger partial charge in [-0.05, 0) is 36.8 Å². The second-order valence-corrected chi connectivity index (χ2v) is 6.11. The van der Waals surface area contributed by atoms with Crippen LogP contribution in [0.4, 0.5) is 0 Å². The number of benzene rings is 1. The molecule has 106 valence electrons. The molecule has 2 aromatic rings. The Hall–Kier alpha value is -1.84. The van der Waals surface area contributed by atoms with Gasteiger partial charge in [0, 0.05) is 6.42 Å². The molecule has 20 heavy (non-hydrogen) atoms. The van der Waals surface area contributed by atoms with Gasteiger partial charge in [-0.25, -0.2) is 4.98 Å². The molecular formula is C16H20N2O2. The van der Waals surface area contributed by atoms with Crippen LogP contribution in [0.25, 0.3) is 11.0 Å². The first-order valence-electron chi connectivity index (χ1n) is 7.24. The van der Waals surface area contributed by atoms with E-state index in [-0.39, 0.29) is 11.8 Å². The van der Waals surface area contributed by atoms with Crippen molar-refractivity contribution in [2.45, 2.75) is 45.4 Å². The molecule has 1 aliphatic rings. The molecule has 1 fully saturated rings. The second kappa shape index (κ2) is 4.93. The SMILES string of the molecule is Cc1cccc2[nH]c(CC3(CC(=O)O)CCCC3)nc12. The molecule has 3 rings (SSSR count). The molecular weight excluding hydrogens is 252 g/mol. The van der Waals surface area contributed by atoms with Gasteiger partial charge in [-0.2, -0.15) is 0 Å². The van der Waals surface area contributed by atoms with Crippen LogP contribution in [-0.4, -0.2) is 21.0 Å². The quantitative estimate of drug-likeness (QED) is 0.895. The highest BCUT2D eigenvalue weighted by Crippen LogP contribution is 2.43. The Balaban J connectivity index is 1.90. The Kier molecular flexibility index (Phi) is 3.24. The summed E-state index contributed by atoms with van der Waals surface area (Å²) in [6, 6.07) is 6.09. The zero-order chi connectivity index (χ0) is 14.2. The lowest BCUT2D eigenvalue weighted by Crippen LogP contribution is -2.24. The highest BCUT2D eigenvalue weighted by atomic mass is 16.4. The number of aromatic nitrogens is 2. The topological polar surface area (TPSA) is 66.0 Å². The van der Waals surface area contributed by atoms with Crippen LogP contribution >= 0.6 is 0 Å². The molecule has 0 unspecified atom stereocenters. The fourth-order valence-electron chi connectivity index (χ4n) is 3.53. The predicted molar refractivity (Wildman–Crippen MR) is 77.7 cm³/mol. The average Bonchev–Trinajstić information content (AvgIpc) is 2.96. The van der Waals surface area contributed by atoms with Gasteiger partial charge in [0.05, 0.1) is 17.5 Å². The molecule has 1 saturated carbocycles. The van der Waals surface area contributed by atoms with Crippen LogP contribution < -0.4 is 0 Å². The molecule has 0 aliphatic heterocycles. The second-order valence-electron chi connectivity index (χ2n) is 6.11. The van der Waals surface area contributed by atoms with Crippen LogP contribution in [0.15, 0.2) is 18.2 Å². The molecule has 0 saturated heterocycles. The molecule has 4 nitrogen and oxygen atoms in total. The maximum absolute atomic E-state index is 11.1. The van der Waals surface area contributed by atoms with Gasteiger partial charge in [-0.15, -0.1) is 0 Å². The summed E-state index contributed by atoms with van der Waals surface area (Å²) in [5, 5.41) is 9.17. The van der Waals surface area contributed by atoms with Crippen molar-refractivity contribution < 1.29 is 9.90 Å². The van der Waals surface area contributed by atoms with E-state index in [1.165, 1.54) is 0 Å². The first-order valence-corrected chi connectivity index (χ1v) is 7.24. The van der Waals surface area contributed by atoms with Gasteiger partial charge < -0.3 is 10.1 Å². The van der Waals surface area contributed by atoms with E-state index in [0.717, 1.165) is 54.5 Å². The van der Waals surface area contributed by atoms with Crippen LogP contribution in [0.3, 0.4) is 0 Å². The van der Waals surface area contributed by atoms with Gasteiger partial charge in [-0.3, -0.25) is 4.79 Å². The van der Waals surface area contributed by atoms with Gasteiger partial charge in [0.15, 0.2) is 0 Å². The van der Waals surface area contributed by atoms with Gasteiger partial charge >= 0.3 is 5.97 Å². The van der Waals surface area contributed by atoms with Crippen molar-refractivity contribution in [2.24, 2.45) is 5.41 Å². The number of fused-ring (bicyclic) bond motifs is 1. The number of carboxylic acid groups (broad SMARTS) is 1. The molecule has 0 radical (unpaired) electrons. The largest absolute Gasteiger partial charge is 0.481 e. The first-order chi connectivity index (χ1) is 9.58. The van der Waals surface area contributed by atoms with E-state index in [2.05, 4.69) is 23.0 Å². The summed E-state index contributed by atoms with van der Waals surface area (Å²) in [6.07, 6.45) is 5.25. The minimum Gasteiger partial charge on any atom is -0.481 e. The Morgan fingerprint density at radius 1 is 1.40 bits per heavy atom. The zero-order valence-electron chi connectivity index (χ0n) is 11.8. The van der Waals surface area contributed by atoms with Crippen molar-refractivity contribution in [3.63, 3.8) is 0 Å². The lowest BCUT2D eigenvalue weighted by Gasteiger charge is -2.25. The monoisotopic (exact) mass is 272 g/mol. The third-order valence-corrected chi connectivity index (χ3v) is 4.50. The van der Waals surface area contributed by atoms with E-state index in [9.17, 15) is 9.90 Å². The zero-order valence-corrected chi connectivity index (χ0v) is 11.8. The molecule has 1 aromatic carbocycles. The Bertz CT molecular complexity index is 639. The van der Waals surface area contributed by atoms with Gasteiger partial charge in [0.2, 0.25) is 0 Å². The fourth-order valence-corrected chi connectivity index (χ4v) is 3.53. The number of hydrogen-bond donors (Lipinski definition) is 2. The summed E-state index contributed by atoms with van der Waals surface area (Å²) in [7, 11) is 0. The standard InChI is InChI=1S/C16H20N2O2/c1-11-5-4-6-12-15(11)18-13(17-12)9-16(10-14(19)20)7-2-3-8-16/h4-6H,2-3,7-10H2,1H3,(H,17,18)(H,19,20). The summed E-state index contributed by atoms with van der Waals surface area (Å²) < 4.78 is 0. The van der Waals surface area contributed by atoms with E-state index in [0.29, 0.717) is 0 Å². The van der Waals surface area contributed by atoms with Crippen molar-refractivity contribution in [1.29, 1.82) is 0 Å². The van der Waals surface area contributed by atoms with E-state index in [1.807, 2.05) is 12.1 Å². The number of aryl methyl sites for hydroxylation is 1. The highest BCUT2D eigenvalue weighted by Gasteiger charge is 2.37. The number of nitrogens with zero attached hydrogens (tertiary/aromatic N) is 1. The van der Waals surface area contributed by atoms with E-state index in [1.54, 1.807) is 0 Å². The normalized spacial score (nSPS) is 17.6. The highest BCUT2D eigenvalue weighted by molar-refractivity contribution is 5.78. The minimum absolute atomic E-state index is 0.104. The van der Waals surface area contributed by atoms with Crippen LogP contribution in [0.5, 0.6) is 0 Å². The molecule has 4 heteroatoms. The number of aliphatic carboxylic acids is 1. The van der Waals surface area contributed by atoms with Crippen molar-refractivity contribution in [2.75, 3.05) is 0 Å². The van der Waals surface area contributed by atoms with Gasteiger partial charge in [0.25, 0.3) is 0 Å². The lowest BCUT2D eigenvalue weighted by molar-refractivity contribution is -0.139. The molecule has 2 N–H and O–H groups in total. The number of carboxylic acids is 1. The van der Waals surface area contributed by atoms with E-state index in [4.69, 9.17) is 0 Å². The maximum Gasteiger partial charge on any atom is 0.303 e. The van der Waals surface area contributed by atoms with Crippen molar-refractivity contribution in [3.05, 3.63) is 29.6 Å². The number of para-hydroxylation sites is 1. The Morgan fingerprint density at radius 2 is 2.15 bits per heavy atom. The average molecular weight is 272 g/mol. The molecule has 0 amide bonds. The summed E-state index contributed by atoms with van der Waals surface area (Å²) in [5.41, 5.74) is 3.10. The summed E-state index contributed by atoms with van der Waals surface area (Å²) >= 11 is 0.